The zero-order valence-corrected chi connectivity index (χ0v) is 12.5. The van der Waals surface area contributed by atoms with Gasteiger partial charge in [0.1, 0.15) is 5.92 Å². The standard InChI is InChI=1S/C15H23N3O2/c1-10(2)13(14(16)17-20)15(19)18(4)9-12-8-6-5-7-11(12)3/h5-8,10,13,20H,9H2,1-4H3,(H2,16,17). The van der Waals surface area contributed by atoms with E-state index in [1.807, 2.05) is 45.0 Å². The van der Waals surface area contributed by atoms with Crippen molar-refractivity contribution in [3.8, 4) is 0 Å². The summed E-state index contributed by atoms with van der Waals surface area (Å²) in [5, 5.41) is 11.8. The summed E-state index contributed by atoms with van der Waals surface area (Å²) in [6.45, 7) is 6.27. The second kappa shape index (κ2) is 6.93. The van der Waals surface area contributed by atoms with Crippen molar-refractivity contribution in [2.75, 3.05) is 7.05 Å². The van der Waals surface area contributed by atoms with Crippen molar-refractivity contribution in [1.82, 2.24) is 4.90 Å². The summed E-state index contributed by atoms with van der Waals surface area (Å²) < 4.78 is 0. The van der Waals surface area contributed by atoms with Crippen LogP contribution in [0.4, 0.5) is 0 Å². The normalized spacial score (nSPS) is 13.3. The van der Waals surface area contributed by atoms with Gasteiger partial charge < -0.3 is 15.8 Å². The summed E-state index contributed by atoms with van der Waals surface area (Å²) in [5.74, 6) is -0.813. The number of benzene rings is 1. The Morgan fingerprint density at radius 3 is 2.50 bits per heavy atom. The molecule has 0 aromatic heterocycles. The monoisotopic (exact) mass is 277 g/mol. The quantitative estimate of drug-likeness (QED) is 0.374. The van der Waals surface area contributed by atoms with E-state index in [4.69, 9.17) is 10.9 Å². The van der Waals surface area contributed by atoms with E-state index in [0.29, 0.717) is 6.54 Å². The minimum atomic E-state index is -0.603. The molecule has 1 aromatic rings. The Kier molecular flexibility index (Phi) is 5.55. The van der Waals surface area contributed by atoms with Crippen molar-refractivity contribution < 1.29 is 10.0 Å². The van der Waals surface area contributed by atoms with Crippen LogP contribution in [0.5, 0.6) is 0 Å². The van der Waals surface area contributed by atoms with E-state index in [9.17, 15) is 4.79 Å². The van der Waals surface area contributed by atoms with Gasteiger partial charge in [0.05, 0.1) is 0 Å². The van der Waals surface area contributed by atoms with Crippen LogP contribution in [0, 0.1) is 18.8 Å². The Bertz CT molecular complexity index is 498. The van der Waals surface area contributed by atoms with E-state index in [-0.39, 0.29) is 17.7 Å². The highest BCUT2D eigenvalue weighted by molar-refractivity contribution is 6.02. The molecule has 1 unspecified atom stereocenters. The van der Waals surface area contributed by atoms with E-state index < -0.39 is 5.92 Å². The van der Waals surface area contributed by atoms with Crippen LogP contribution in [0.3, 0.4) is 0 Å². The minimum Gasteiger partial charge on any atom is -0.409 e. The lowest BCUT2D eigenvalue weighted by molar-refractivity contribution is -0.133. The van der Waals surface area contributed by atoms with Gasteiger partial charge in [0.15, 0.2) is 5.84 Å². The molecule has 0 saturated carbocycles. The van der Waals surface area contributed by atoms with Gasteiger partial charge in [-0.15, -0.1) is 0 Å². The van der Waals surface area contributed by atoms with E-state index in [1.54, 1.807) is 11.9 Å². The predicted octanol–water partition coefficient (Wildman–Crippen LogP) is 1.97. The van der Waals surface area contributed by atoms with Crippen LogP contribution in [0.1, 0.15) is 25.0 Å². The summed E-state index contributed by atoms with van der Waals surface area (Å²) >= 11 is 0. The largest absolute Gasteiger partial charge is 0.409 e. The third-order valence-electron chi connectivity index (χ3n) is 3.41. The van der Waals surface area contributed by atoms with Crippen molar-refractivity contribution in [3.63, 3.8) is 0 Å². The number of carbonyl (C=O) groups is 1. The van der Waals surface area contributed by atoms with Gasteiger partial charge >= 0.3 is 0 Å². The number of rotatable bonds is 5. The minimum absolute atomic E-state index is 0.0299. The van der Waals surface area contributed by atoms with Crippen molar-refractivity contribution in [2.24, 2.45) is 22.7 Å². The Morgan fingerprint density at radius 2 is 2.00 bits per heavy atom. The molecule has 1 rings (SSSR count). The number of aryl methyl sites for hydroxylation is 1. The second-order valence-electron chi connectivity index (χ2n) is 5.37. The van der Waals surface area contributed by atoms with E-state index in [1.165, 1.54) is 0 Å². The number of nitrogens with two attached hydrogens (primary N) is 1. The number of hydrogen-bond acceptors (Lipinski definition) is 3. The lowest BCUT2D eigenvalue weighted by Crippen LogP contribution is -2.42. The van der Waals surface area contributed by atoms with Gasteiger partial charge in [-0.25, -0.2) is 0 Å². The average Bonchev–Trinajstić information content (AvgIpc) is 2.40. The first-order valence-electron chi connectivity index (χ1n) is 6.65. The number of amidine groups is 1. The highest BCUT2D eigenvalue weighted by Gasteiger charge is 2.29. The summed E-state index contributed by atoms with van der Waals surface area (Å²) in [6.07, 6.45) is 0. The molecule has 0 heterocycles. The topological polar surface area (TPSA) is 78.9 Å². The maximum absolute atomic E-state index is 12.5. The highest BCUT2D eigenvalue weighted by Crippen LogP contribution is 2.17. The zero-order valence-electron chi connectivity index (χ0n) is 12.5. The van der Waals surface area contributed by atoms with Gasteiger partial charge in [-0.3, -0.25) is 4.79 Å². The van der Waals surface area contributed by atoms with Crippen LogP contribution in [0.25, 0.3) is 0 Å². The van der Waals surface area contributed by atoms with Gasteiger partial charge in [-0.05, 0) is 24.0 Å². The number of carbonyl (C=O) groups excluding carboxylic acids is 1. The molecule has 0 aliphatic carbocycles. The lowest BCUT2D eigenvalue weighted by Gasteiger charge is -2.26. The zero-order chi connectivity index (χ0) is 15.3. The maximum Gasteiger partial charge on any atom is 0.233 e. The fraction of sp³-hybridized carbons (Fsp3) is 0.467. The Balaban J connectivity index is 2.88. The van der Waals surface area contributed by atoms with Crippen molar-refractivity contribution in [3.05, 3.63) is 35.4 Å². The van der Waals surface area contributed by atoms with Crippen molar-refractivity contribution >= 4 is 11.7 Å². The lowest BCUT2D eigenvalue weighted by atomic mass is 9.93. The first kappa shape index (κ1) is 16.0. The molecule has 3 N–H and O–H groups in total. The van der Waals surface area contributed by atoms with Crippen LogP contribution >= 0.6 is 0 Å². The van der Waals surface area contributed by atoms with Crippen LogP contribution in [0.15, 0.2) is 29.4 Å². The van der Waals surface area contributed by atoms with Gasteiger partial charge in [0.25, 0.3) is 0 Å². The van der Waals surface area contributed by atoms with Crippen molar-refractivity contribution in [1.29, 1.82) is 0 Å². The van der Waals surface area contributed by atoms with Crippen LogP contribution in [-0.4, -0.2) is 28.9 Å². The maximum atomic E-state index is 12.5. The molecule has 0 fully saturated rings. The molecule has 5 nitrogen and oxygen atoms in total. The number of amides is 1. The van der Waals surface area contributed by atoms with Gasteiger partial charge in [-0.1, -0.05) is 43.3 Å². The van der Waals surface area contributed by atoms with Gasteiger partial charge in [0.2, 0.25) is 5.91 Å². The molecule has 5 heteroatoms. The Labute approximate surface area is 120 Å². The van der Waals surface area contributed by atoms with Crippen LogP contribution in [-0.2, 0) is 11.3 Å². The first-order valence-corrected chi connectivity index (χ1v) is 6.65. The molecular formula is C15H23N3O2. The van der Waals surface area contributed by atoms with E-state index >= 15 is 0 Å². The number of hydrogen-bond donors (Lipinski definition) is 2. The molecule has 1 aromatic carbocycles. The van der Waals surface area contributed by atoms with Gasteiger partial charge in [0, 0.05) is 13.6 Å². The number of oxime groups is 1. The smallest absolute Gasteiger partial charge is 0.233 e. The predicted molar refractivity (Wildman–Crippen MR) is 79.4 cm³/mol. The Hall–Kier alpha value is -2.04. The fourth-order valence-corrected chi connectivity index (χ4v) is 2.17. The molecule has 1 amide bonds. The van der Waals surface area contributed by atoms with E-state index in [2.05, 4.69) is 5.16 Å². The molecule has 0 spiro atoms. The third-order valence-corrected chi connectivity index (χ3v) is 3.41. The van der Waals surface area contributed by atoms with Crippen LogP contribution in [0.2, 0.25) is 0 Å². The van der Waals surface area contributed by atoms with Gasteiger partial charge in [-0.2, -0.15) is 0 Å². The summed E-state index contributed by atoms with van der Waals surface area (Å²) in [4.78, 5) is 14.1. The molecule has 20 heavy (non-hydrogen) atoms. The molecular weight excluding hydrogens is 254 g/mol. The molecule has 0 saturated heterocycles. The van der Waals surface area contributed by atoms with E-state index in [0.717, 1.165) is 11.1 Å². The van der Waals surface area contributed by atoms with Crippen LogP contribution < -0.4 is 5.73 Å². The summed E-state index contributed by atoms with van der Waals surface area (Å²) in [7, 11) is 1.73. The Morgan fingerprint density at radius 1 is 1.40 bits per heavy atom. The first-order chi connectivity index (χ1) is 9.38. The molecule has 0 aliphatic rings. The average molecular weight is 277 g/mol. The highest BCUT2D eigenvalue weighted by atomic mass is 16.4. The fourth-order valence-electron chi connectivity index (χ4n) is 2.17. The number of nitrogens with zero attached hydrogens (tertiary/aromatic N) is 2. The SMILES string of the molecule is Cc1ccccc1CN(C)C(=O)C(C(N)=NO)C(C)C. The molecule has 110 valence electrons. The molecule has 0 aliphatic heterocycles. The summed E-state index contributed by atoms with van der Waals surface area (Å²) in [6, 6.07) is 7.92. The molecule has 1 atom stereocenters. The second-order valence-corrected chi connectivity index (χ2v) is 5.37. The summed E-state index contributed by atoms with van der Waals surface area (Å²) in [5.41, 5.74) is 7.86. The van der Waals surface area contributed by atoms with Crippen molar-refractivity contribution in [2.45, 2.75) is 27.3 Å². The molecule has 0 radical (unpaired) electrons. The third kappa shape index (κ3) is 3.73. The molecule has 0 bridgehead atoms.